The molecule has 0 spiro atoms. The van der Waals surface area contributed by atoms with Gasteiger partial charge in [0.1, 0.15) is 0 Å². The van der Waals surface area contributed by atoms with Crippen molar-refractivity contribution >= 4 is 11.3 Å². The van der Waals surface area contributed by atoms with Gasteiger partial charge in [0, 0.05) is 11.3 Å². The van der Waals surface area contributed by atoms with Gasteiger partial charge in [0.2, 0.25) is 5.95 Å². The summed E-state index contributed by atoms with van der Waals surface area (Å²) < 4.78 is 56.1. The van der Waals surface area contributed by atoms with Crippen LogP contribution in [0.25, 0.3) is 16.7 Å². The van der Waals surface area contributed by atoms with Crippen molar-refractivity contribution in [2.75, 3.05) is 6.61 Å². The summed E-state index contributed by atoms with van der Waals surface area (Å²) >= 11 is 0. The molecule has 3 rings (SSSR count). The first-order valence-electron chi connectivity index (χ1n) is 11.2. The number of hydrogen-bond donors (Lipinski definition) is 2. The fourth-order valence-corrected chi connectivity index (χ4v) is 3.64. The van der Waals surface area contributed by atoms with Crippen LogP contribution in [0, 0.1) is 0 Å². The number of benzene rings is 3. The highest BCUT2D eigenvalue weighted by atomic mass is 19.4. The lowest BCUT2D eigenvalue weighted by molar-refractivity contribution is -0.138. The molecule has 0 fully saturated rings. The molecule has 0 aliphatic heterocycles. The minimum absolute atomic E-state index is 0.0389. The van der Waals surface area contributed by atoms with E-state index in [9.17, 15) is 17.6 Å². The maximum atomic E-state index is 14.6. The van der Waals surface area contributed by atoms with Gasteiger partial charge in [-0.25, -0.2) is 4.99 Å². The van der Waals surface area contributed by atoms with E-state index in [1.54, 1.807) is 0 Å². The number of rotatable bonds is 8. The second-order valence-corrected chi connectivity index (χ2v) is 8.39. The van der Waals surface area contributed by atoms with Crippen LogP contribution in [0.2, 0.25) is 0 Å². The Hall–Kier alpha value is -3.29. The molecule has 0 aliphatic rings. The van der Waals surface area contributed by atoms with Crippen LogP contribution in [0.4, 0.5) is 17.6 Å². The predicted molar refractivity (Wildman–Crippen MR) is 133 cm³/mol. The summed E-state index contributed by atoms with van der Waals surface area (Å²) in [6.07, 6.45) is -3.96. The second-order valence-electron chi connectivity index (χ2n) is 8.39. The quantitative estimate of drug-likeness (QED) is 0.215. The molecular formula is C28H28F4N2O. The van der Waals surface area contributed by atoms with Gasteiger partial charge in [-0.2, -0.15) is 17.6 Å². The Bertz CT molecular complexity index is 1200. The van der Waals surface area contributed by atoms with E-state index in [0.717, 1.165) is 22.8 Å². The van der Waals surface area contributed by atoms with E-state index in [-0.39, 0.29) is 28.8 Å². The molecule has 184 valence electrons. The third kappa shape index (κ3) is 6.87. The summed E-state index contributed by atoms with van der Waals surface area (Å²) in [5.74, 6) is -0.939. The molecule has 7 heteroatoms. The van der Waals surface area contributed by atoms with Gasteiger partial charge in [-0.1, -0.05) is 66.7 Å². The summed E-state index contributed by atoms with van der Waals surface area (Å²) in [5.41, 5.74) is 8.18. The van der Waals surface area contributed by atoms with Gasteiger partial charge in [-0.15, -0.1) is 0 Å². The zero-order valence-electron chi connectivity index (χ0n) is 19.6. The molecule has 35 heavy (non-hydrogen) atoms. The van der Waals surface area contributed by atoms with Crippen molar-refractivity contribution in [3.8, 4) is 11.1 Å². The first kappa shape index (κ1) is 26.3. The van der Waals surface area contributed by atoms with Crippen molar-refractivity contribution in [2.24, 2.45) is 10.7 Å². The van der Waals surface area contributed by atoms with Crippen LogP contribution in [0.5, 0.6) is 0 Å². The van der Waals surface area contributed by atoms with Crippen molar-refractivity contribution in [3.05, 3.63) is 101 Å². The molecule has 3 N–H and O–H groups in total. The highest BCUT2D eigenvalue weighted by Crippen LogP contribution is 2.35. The van der Waals surface area contributed by atoms with Crippen LogP contribution >= 0.6 is 0 Å². The zero-order chi connectivity index (χ0) is 25.6. The van der Waals surface area contributed by atoms with Crippen LogP contribution in [0.15, 0.2) is 83.7 Å². The highest BCUT2D eigenvalue weighted by Gasteiger charge is 2.33. The zero-order valence-corrected chi connectivity index (χ0v) is 19.6. The van der Waals surface area contributed by atoms with E-state index < -0.39 is 30.3 Å². The van der Waals surface area contributed by atoms with Crippen molar-refractivity contribution in [3.63, 3.8) is 0 Å². The fraction of sp³-hybridized carbons (Fsp3) is 0.250. The predicted octanol–water partition coefficient (Wildman–Crippen LogP) is 6.60. The third-order valence-corrected chi connectivity index (χ3v) is 5.91. The van der Waals surface area contributed by atoms with Crippen LogP contribution in [-0.2, 0) is 19.0 Å². The van der Waals surface area contributed by atoms with Crippen molar-refractivity contribution in [2.45, 2.75) is 38.9 Å². The Morgan fingerprint density at radius 2 is 1.54 bits per heavy atom. The fourth-order valence-electron chi connectivity index (χ4n) is 3.64. The number of nitrogens with two attached hydrogens (primary N) is 1. The molecule has 0 radical (unpaired) electrons. The topological polar surface area (TPSA) is 58.6 Å². The van der Waals surface area contributed by atoms with Gasteiger partial charge in [-0.05, 0) is 60.6 Å². The lowest BCUT2D eigenvalue weighted by atomic mass is 9.95. The highest BCUT2D eigenvalue weighted by molar-refractivity contribution is 5.88. The molecule has 0 saturated heterocycles. The molecular weight excluding hydrogens is 456 g/mol. The van der Waals surface area contributed by atoms with E-state index in [4.69, 9.17) is 10.8 Å². The first-order chi connectivity index (χ1) is 16.6. The molecule has 0 heterocycles. The lowest BCUT2D eigenvalue weighted by Crippen LogP contribution is -2.32. The molecule has 3 aromatic carbocycles. The third-order valence-electron chi connectivity index (χ3n) is 5.91. The molecule has 0 amide bonds. The molecule has 3 aromatic rings. The average Bonchev–Trinajstić information content (AvgIpc) is 2.86. The van der Waals surface area contributed by atoms with Crippen LogP contribution in [-0.4, -0.2) is 23.5 Å². The molecule has 1 atom stereocenters. The Labute approximate surface area is 202 Å². The van der Waals surface area contributed by atoms with E-state index >= 15 is 0 Å². The Morgan fingerprint density at radius 3 is 2.14 bits per heavy atom. The van der Waals surface area contributed by atoms with Gasteiger partial charge in [0.15, 0.2) is 0 Å². The summed E-state index contributed by atoms with van der Waals surface area (Å²) in [7, 11) is 0. The number of aryl methyl sites for hydroxylation is 2. The monoisotopic (exact) mass is 484 g/mol. The Balaban J connectivity index is 1.82. The lowest BCUT2D eigenvalue weighted by Gasteiger charge is -2.15. The number of nitrogens with zero attached hydrogens (tertiary/aromatic N) is 1. The molecule has 0 bridgehead atoms. The second kappa shape index (κ2) is 11.4. The number of halogens is 4. The van der Waals surface area contributed by atoms with Crippen LogP contribution in [0.1, 0.15) is 36.1 Å². The largest absolute Gasteiger partial charge is 0.416 e. The van der Waals surface area contributed by atoms with Crippen LogP contribution < -0.4 is 5.73 Å². The molecule has 0 aromatic heterocycles. The van der Waals surface area contributed by atoms with E-state index in [0.29, 0.717) is 6.42 Å². The maximum absolute atomic E-state index is 14.6. The minimum atomic E-state index is -4.59. The van der Waals surface area contributed by atoms with Gasteiger partial charge in [-0.3, -0.25) is 0 Å². The van der Waals surface area contributed by atoms with E-state index in [2.05, 4.69) is 4.99 Å². The first-order valence-corrected chi connectivity index (χ1v) is 11.2. The standard InChI is InChI=1S/C28H28F4N2O/c1-18(27(29)34-19(2)26(33)17-35)24-15-14-23(25(16-24)28(30,31)32)13-10-20-8-11-22(12-9-20)21-6-4-3-5-7-21/h3-9,11-12,14-16,26,35H,10,13,17,33H2,1-2H3/b27-18+,34-19+. The van der Waals surface area contributed by atoms with Gasteiger partial charge in [0.25, 0.3) is 0 Å². The summed E-state index contributed by atoms with van der Waals surface area (Å²) in [6.45, 7) is 2.40. The van der Waals surface area contributed by atoms with Gasteiger partial charge < -0.3 is 10.8 Å². The summed E-state index contributed by atoms with van der Waals surface area (Å²) in [5, 5.41) is 9.06. The van der Waals surface area contributed by atoms with Crippen molar-refractivity contribution < 1.29 is 22.7 Å². The molecule has 1 unspecified atom stereocenters. The van der Waals surface area contributed by atoms with Crippen molar-refractivity contribution in [1.29, 1.82) is 0 Å². The Morgan fingerprint density at radius 1 is 0.914 bits per heavy atom. The van der Waals surface area contributed by atoms with E-state index in [1.165, 1.54) is 26.0 Å². The number of aliphatic hydroxyl groups is 1. The average molecular weight is 485 g/mol. The smallest absolute Gasteiger partial charge is 0.394 e. The molecule has 0 aliphatic carbocycles. The van der Waals surface area contributed by atoms with Crippen LogP contribution in [0.3, 0.4) is 0 Å². The summed E-state index contributed by atoms with van der Waals surface area (Å²) in [6, 6.07) is 20.6. The van der Waals surface area contributed by atoms with Gasteiger partial charge >= 0.3 is 6.18 Å². The number of alkyl halides is 3. The summed E-state index contributed by atoms with van der Waals surface area (Å²) in [4.78, 5) is 3.71. The van der Waals surface area contributed by atoms with E-state index in [1.807, 2.05) is 54.6 Å². The number of aliphatic imine (C=N–C) groups is 1. The maximum Gasteiger partial charge on any atom is 0.416 e. The SMILES string of the molecule is C/C(=C(F)\N=C(/C)C(N)CO)c1ccc(CCc2ccc(-c3ccccc3)cc2)c(C(F)(F)F)c1. The Kier molecular flexibility index (Phi) is 8.59. The molecule has 0 saturated carbocycles. The number of hydrogen-bond acceptors (Lipinski definition) is 3. The minimum Gasteiger partial charge on any atom is -0.394 e. The van der Waals surface area contributed by atoms with Gasteiger partial charge in [0.05, 0.1) is 18.2 Å². The number of allylic oxidation sites excluding steroid dienone is 1. The molecule has 3 nitrogen and oxygen atoms in total. The number of aliphatic hydroxyl groups excluding tert-OH is 1. The normalized spacial score (nSPS) is 14.0. The van der Waals surface area contributed by atoms with Crippen molar-refractivity contribution in [1.82, 2.24) is 0 Å².